The van der Waals surface area contributed by atoms with Gasteiger partial charge >= 0.3 is 5.97 Å². The molecule has 1 aliphatic rings. The van der Waals surface area contributed by atoms with Crippen molar-refractivity contribution in [1.82, 2.24) is 0 Å². The number of ether oxygens (including phenoxy) is 1. The summed E-state index contributed by atoms with van der Waals surface area (Å²) in [7, 11) is 0. The van der Waals surface area contributed by atoms with Gasteiger partial charge in [-0.3, -0.25) is 4.79 Å². The number of allylic oxidation sites excluding steroid dienone is 1. The summed E-state index contributed by atoms with van der Waals surface area (Å²) < 4.78 is 5.23. The van der Waals surface area contributed by atoms with Crippen molar-refractivity contribution in [2.75, 3.05) is 0 Å². The van der Waals surface area contributed by atoms with Crippen molar-refractivity contribution in [1.29, 1.82) is 0 Å². The maximum Gasteiger partial charge on any atom is 0.309 e. The van der Waals surface area contributed by atoms with E-state index in [2.05, 4.69) is 6.08 Å². The van der Waals surface area contributed by atoms with Crippen molar-refractivity contribution in [3.8, 4) is 0 Å². The maximum absolute atomic E-state index is 11.2. The van der Waals surface area contributed by atoms with Crippen LogP contribution in [0.4, 0.5) is 0 Å². The fourth-order valence-electron chi connectivity index (χ4n) is 1.68. The van der Waals surface area contributed by atoms with Crippen LogP contribution in [0.2, 0.25) is 0 Å². The van der Waals surface area contributed by atoms with E-state index in [9.17, 15) is 4.79 Å². The van der Waals surface area contributed by atoms with Crippen LogP contribution in [-0.4, -0.2) is 12.1 Å². The number of cyclic esters (lactones) is 1. The smallest absolute Gasteiger partial charge is 0.309 e. The Hall–Kier alpha value is -0.790. The third kappa shape index (κ3) is 5.05. The van der Waals surface area contributed by atoms with Crippen LogP contribution in [0.25, 0.3) is 0 Å². The molecular formula is C12H20O2. The van der Waals surface area contributed by atoms with Gasteiger partial charge in [-0.25, -0.2) is 0 Å². The van der Waals surface area contributed by atoms with Gasteiger partial charge in [-0.2, -0.15) is 0 Å². The first-order valence-electron chi connectivity index (χ1n) is 5.63. The van der Waals surface area contributed by atoms with E-state index in [1.54, 1.807) is 0 Å². The van der Waals surface area contributed by atoms with Crippen molar-refractivity contribution in [2.45, 2.75) is 58.0 Å². The first-order valence-corrected chi connectivity index (χ1v) is 5.63. The molecule has 0 saturated carbocycles. The number of carbonyl (C=O) groups excluding carboxylic acids is 1. The average molecular weight is 196 g/mol. The van der Waals surface area contributed by atoms with E-state index in [4.69, 9.17) is 4.74 Å². The Morgan fingerprint density at radius 1 is 1.21 bits per heavy atom. The summed E-state index contributed by atoms with van der Waals surface area (Å²) in [6.45, 7) is 1.98. The lowest BCUT2D eigenvalue weighted by molar-refractivity contribution is -0.147. The minimum absolute atomic E-state index is 0.0886. The van der Waals surface area contributed by atoms with Gasteiger partial charge in [0.25, 0.3) is 0 Å². The first kappa shape index (κ1) is 11.3. The molecule has 1 unspecified atom stereocenters. The predicted octanol–water partition coefficient (Wildman–Crippen LogP) is 3.22. The van der Waals surface area contributed by atoms with Crippen LogP contribution in [0.15, 0.2) is 12.2 Å². The highest BCUT2D eigenvalue weighted by Gasteiger charge is 2.07. The summed E-state index contributed by atoms with van der Waals surface area (Å²) in [4.78, 5) is 11.2. The summed E-state index contributed by atoms with van der Waals surface area (Å²) in [6, 6.07) is 0. The highest BCUT2D eigenvalue weighted by atomic mass is 16.5. The third-order valence-corrected chi connectivity index (χ3v) is 2.52. The van der Waals surface area contributed by atoms with Gasteiger partial charge in [0.05, 0.1) is 12.5 Å². The number of hydrogen-bond acceptors (Lipinski definition) is 2. The average Bonchev–Trinajstić information content (AvgIpc) is 2.13. The normalized spacial score (nSPS) is 28.4. The molecule has 2 nitrogen and oxygen atoms in total. The highest BCUT2D eigenvalue weighted by Crippen LogP contribution is 2.11. The SMILES string of the molecule is CC1CCCCCC/C=C\CC(=O)O1. The molecule has 0 amide bonds. The quantitative estimate of drug-likeness (QED) is 0.439. The Bertz CT molecular complexity index is 196. The molecule has 0 fully saturated rings. The molecule has 1 rings (SSSR count). The molecule has 0 saturated heterocycles. The van der Waals surface area contributed by atoms with E-state index in [-0.39, 0.29) is 12.1 Å². The van der Waals surface area contributed by atoms with Gasteiger partial charge in [-0.15, -0.1) is 0 Å². The Balaban J connectivity index is 2.36. The molecule has 0 aromatic carbocycles. The maximum atomic E-state index is 11.2. The zero-order chi connectivity index (χ0) is 10.2. The van der Waals surface area contributed by atoms with E-state index >= 15 is 0 Å². The Kier molecular flexibility index (Phi) is 5.35. The van der Waals surface area contributed by atoms with Crippen molar-refractivity contribution in [3.05, 3.63) is 12.2 Å². The lowest BCUT2D eigenvalue weighted by atomic mass is 10.1. The molecule has 0 aromatic heterocycles. The van der Waals surface area contributed by atoms with Gasteiger partial charge in [0.15, 0.2) is 0 Å². The van der Waals surface area contributed by atoms with Gasteiger partial charge < -0.3 is 4.74 Å². The predicted molar refractivity (Wildman–Crippen MR) is 57.0 cm³/mol. The number of hydrogen-bond donors (Lipinski definition) is 0. The van der Waals surface area contributed by atoms with Crippen LogP contribution in [0.1, 0.15) is 51.9 Å². The molecule has 0 spiro atoms. The van der Waals surface area contributed by atoms with Gasteiger partial charge in [0, 0.05) is 0 Å². The second-order valence-electron chi connectivity index (χ2n) is 3.97. The molecule has 1 atom stereocenters. The molecule has 0 aliphatic carbocycles. The zero-order valence-corrected chi connectivity index (χ0v) is 9.00. The lowest BCUT2D eigenvalue weighted by Gasteiger charge is -2.12. The molecule has 0 bridgehead atoms. The molecule has 80 valence electrons. The summed E-state index contributed by atoms with van der Waals surface area (Å²) in [5, 5.41) is 0. The molecule has 0 aromatic rings. The fourth-order valence-corrected chi connectivity index (χ4v) is 1.68. The van der Waals surface area contributed by atoms with Gasteiger partial charge in [-0.05, 0) is 32.6 Å². The molecule has 1 heterocycles. The van der Waals surface area contributed by atoms with E-state index < -0.39 is 0 Å². The van der Waals surface area contributed by atoms with Crippen LogP contribution in [-0.2, 0) is 9.53 Å². The topological polar surface area (TPSA) is 26.3 Å². The van der Waals surface area contributed by atoms with Crippen molar-refractivity contribution in [2.24, 2.45) is 0 Å². The highest BCUT2D eigenvalue weighted by molar-refractivity contribution is 5.71. The summed E-state index contributed by atoms with van der Waals surface area (Å²) in [5.41, 5.74) is 0. The second kappa shape index (κ2) is 6.63. The van der Waals surface area contributed by atoms with Crippen LogP contribution in [0, 0.1) is 0 Å². The Morgan fingerprint density at radius 2 is 2.00 bits per heavy atom. The summed E-state index contributed by atoms with van der Waals surface area (Å²) in [5.74, 6) is -0.0886. The van der Waals surface area contributed by atoms with Crippen molar-refractivity contribution >= 4 is 5.97 Å². The third-order valence-electron chi connectivity index (χ3n) is 2.52. The largest absolute Gasteiger partial charge is 0.462 e. The van der Waals surface area contributed by atoms with Crippen LogP contribution < -0.4 is 0 Å². The molecule has 0 radical (unpaired) electrons. The first-order chi connectivity index (χ1) is 6.79. The van der Waals surface area contributed by atoms with Gasteiger partial charge in [0.2, 0.25) is 0 Å². The molecular weight excluding hydrogens is 176 g/mol. The van der Waals surface area contributed by atoms with E-state index in [1.807, 2.05) is 13.0 Å². The minimum Gasteiger partial charge on any atom is -0.462 e. The van der Waals surface area contributed by atoms with Crippen LogP contribution >= 0.6 is 0 Å². The fraction of sp³-hybridized carbons (Fsp3) is 0.750. The second-order valence-corrected chi connectivity index (χ2v) is 3.97. The van der Waals surface area contributed by atoms with Gasteiger partial charge in [0.1, 0.15) is 0 Å². The molecule has 0 N–H and O–H groups in total. The Labute approximate surface area is 86.3 Å². The molecule has 2 heteroatoms. The van der Waals surface area contributed by atoms with E-state index in [1.165, 1.54) is 25.7 Å². The van der Waals surface area contributed by atoms with Crippen LogP contribution in [0.3, 0.4) is 0 Å². The zero-order valence-electron chi connectivity index (χ0n) is 9.00. The summed E-state index contributed by atoms with van der Waals surface area (Å²) in [6.07, 6.45) is 11.6. The Morgan fingerprint density at radius 3 is 2.86 bits per heavy atom. The van der Waals surface area contributed by atoms with E-state index in [0.717, 1.165) is 12.8 Å². The minimum atomic E-state index is -0.0886. The van der Waals surface area contributed by atoms with Crippen molar-refractivity contribution < 1.29 is 9.53 Å². The molecule has 1 aliphatic heterocycles. The standard InChI is InChI=1S/C12H20O2/c1-11-9-7-5-3-2-4-6-8-10-12(13)14-11/h6,8,11H,2-5,7,9-10H2,1H3/b8-6-. The van der Waals surface area contributed by atoms with Crippen LogP contribution in [0.5, 0.6) is 0 Å². The van der Waals surface area contributed by atoms with Gasteiger partial charge in [-0.1, -0.05) is 25.0 Å². The summed E-state index contributed by atoms with van der Waals surface area (Å²) >= 11 is 0. The number of carbonyl (C=O) groups is 1. The van der Waals surface area contributed by atoms with Crippen molar-refractivity contribution in [3.63, 3.8) is 0 Å². The number of esters is 1. The lowest BCUT2D eigenvalue weighted by Crippen LogP contribution is -2.14. The monoisotopic (exact) mass is 196 g/mol. The number of rotatable bonds is 0. The van der Waals surface area contributed by atoms with E-state index in [0.29, 0.717) is 6.42 Å². The molecule has 14 heavy (non-hydrogen) atoms.